The summed E-state index contributed by atoms with van der Waals surface area (Å²) in [6.07, 6.45) is -1.66. The number of H-pyrrole nitrogens is 1. The van der Waals surface area contributed by atoms with E-state index in [9.17, 15) is 39.9 Å². The minimum absolute atomic E-state index is 0.0582. The molecule has 0 aliphatic heterocycles. The Bertz CT molecular complexity index is 1720. The number of likely N-dealkylation sites (N-methyl/N-ethyl adjacent to an activating group) is 1. The number of fused-ring (bicyclic) bond motifs is 4. The van der Waals surface area contributed by atoms with Crippen molar-refractivity contribution in [3.8, 4) is 17.0 Å². The summed E-state index contributed by atoms with van der Waals surface area (Å²) < 4.78 is 0. The molecule has 2 aromatic carbocycles. The lowest BCUT2D eigenvalue weighted by molar-refractivity contribution is -0.169. The van der Waals surface area contributed by atoms with Gasteiger partial charge in [0, 0.05) is 33.7 Å². The Morgan fingerprint density at radius 2 is 1.76 bits per heavy atom. The second kappa shape index (κ2) is 8.77. The number of hydrogen-bond acceptors (Lipinski definition) is 9. The van der Waals surface area contributed by atoms with Crippen LogP contribution in [0.15, 0.2) is 59.4 Å². The maximum Gasteiger partial charge on any atom is 0.255 e. The zero-order valence-corrected chi connectivity index (χ0v) is 22.4. The Balaban J connectivity index is 1.63. The van der Waals surface area contributed by atoms with Crippen LogP contribution < -0.4 is 5.73 Å². The van der Waals surface area contributed by atoms with Gasteiger partial charge in [0.15, 0.2) is 11.4 Å². The van der Waals surface area contributed by atoms with Crippen molar-refractivity contribution in [2.75, 3.05) is 14.1 Å². The molecule has 1 heterocycles. The summed E-state index contributed by atoms with van der Waals surface area (Å²) in [6, 6.07) is 11.1. The van der Waals surface area contributed by atoms with E-state index >= 15 is 0 Å². The topological polar surface area (TPSA) is 197 Å². The number of amides is 1. The molecule has 11 nitrogen and oxygen atoms in total. The molecule has 6 atom stereocenters. The zero-order chi connectivity index (χ0) is 29.7. The van der Waals surface area contributed by atoms with Gasteiger partial charge in [0.2, 0.25) is 5.78 Å². The van der Waals surface area contributed by atoms with E-state index in [-0.39, 0.29) is 11.3 Å². The first-order chi connectivity index (χ1) is 19.3. The molecule has 3 aromatic rings. The maximum atomic E-state index is 14.1. The molecule has 0 unspecified atom stereocenters. The summed E-state index contributed by atoms with van der Waals surface area (Å²) >= 11 is 0. The molecule has 1 aromatic heterocycles. The van der Waals surface area contributed by atoms with E-state index in [1.807, 2.05) is 30.3 Å². The molecule has 212 valence electrons. The maximum absolute atomic E-state index is 14.1. The lowest BCUT2D eigenvalue weighted by atomic mass is 9.54. The molecule has 1 amide bonds. The van der Waals surface area contributed by atoms with Crippen LogP contribution in [0.4, 0.5) is 0 Å². The fraction of sp³-hybridized carbons (Fsp3) is 0.300. The minimum atomic E-state index is -2.95. The molecule has 0 spiro atoms. The Hall–Kier alpha value is -4.45. The number of aliphatic hydroxyl groups excluding tert-OH is 3. The zero-order valence-electron chi connectivity index (χ0n) is 22.4. The third-order valence-electron chi connectivity index (χ3n) is 8.93. The van der Waals surface area contributed by atoms with Gasteiger partial charge in [0.05, 0.1) is 23.6 Å². The van der Waals surface area contributed by atoms with Gasteiger partial charge in [-0.1, -0.05) is 25.1 Å². The molecule has 11 heteroatoms. The molecule has 1 saturated carbocycles. The largest absolute Gasteiger partial charge is 0.508 e. The van der Waals surface area contributed by atoms with Gasteiger partial charge in [0.25, 0.3) is 5.91 Å². The highest BCUT2D eigenvalue weighted by Crippen LogP contribution is 2.57. The van der Waals surface area contributed by atoms with Crippen LogP contribution in [-0.2, 0) is 14.4 Å². The number of Topliss-reactive ketones (excluding diaryl/α,β-unsaturated/α-hetero) is 2. The van der Waals surface area contributed by atoms with Crippen molar-refractivity contribution in [2.45, 2.75) is 30.6 Å². The second-order valence-corrected chi connectivity index (χ2v) is 11.2. The Morgan fingerprint density at radius 1 is 1.07 bits per heavy atom. The molecule has 6 rings (SSSR count). The Kier molecular flexibility index (Phi) is 5.73. The monoisotopic (exact) mass is 559 g/mol. The lowest BCUT2D eigenvalue weighted by Crippen LogP contribution is -2.70. The quantitative estimate of drug-likeness (QED) is 0.233. The molecule has 41 heavy (non-hydrogen) atoms. The van der Waals surface area contributed by atoms with Crippen LogP contribution >= 0.6 is 0 Å². The van der Waals surface area contributed by atoms with Crippen LogP contribution in [0.2, 0.25) is 0 Å². The van der Waals surface area contributed by atoms with Crippen LogP contribution in [0.3, 0.4) is 0 Å². The second-order valence-electron chi connectivity index (χ2n) is 11.2. The van der Waals surface area contributed by atoms with E-state index in [1.165, 1.54) is 25.1 Å². The standard InChI is InChI=1S/C30H29N3O8/c1-11-17-13(15-10-12-6-4-5-7-14(12)32-15)8-9-16(34)19(17)24(35)20-18(11)25(36)22-23(33(2)3)26(37)21(29(31)40)28(39)30(22,41)27(20)38/h4-11,18,22-23,25,32,34-36,39,41H,1-3H3,(H2,31,40)/t11-,18-,22-,23+,25-,30+/m1/s1. The van der Waals surface area contributed by atoms with Crippen LogP contribution in [0, 0.1) is 11.8 Å². The normalized spacial score (nSPS) is 29.6. The van der Waals surface area contributed by atoms with Crippen LogP contribution in [-0.4, -0.2) is 84.7 Å². The minimum Gasteiger partial charge on any atom is -0.508 e. The predicted molar refractivity (Wildman–Crippen MR) is 148 cm³/mol. The number of phenolic OH excluding ortho intramolecular Hbond substituents is 1. The molecule has 3 aliphatic carbocycles. The van der Waals surface area contributed by atoms with Crippen molar-refractivity contribution >= 4 is 34.1 Å². The number of nitrogens with one attached hydrogen (secondary N) is 1. The molecular formula is C30H29N3O8. The fourth-order valence-electron chi connectivity index (χ4n) is 7.15. The van der Waals surface area contributed by atoms with Gasteiger partial charge >= 0.3 is 0 Å². The highest BCUT2D eigenvalue weighted by Gasteiger charge is 2.68. The first kappa shape index (κ1) is 26.8. The van der Waals surface area contributed by atoms with E-state index < -0.39 is 75.6 Å². The highest BCUT2D eigenvalue weighted by molar-refractivity contribution is 6.24. The van der Waals surface area contributed by atoms with Crippen molar-refractivity contribution < 1.29 is 39.9 Å². The third kappa shape index (κ3) is 3.33. The molecule has 0 bridgehead atoms. The molecule has 8 N–H and O–H groups in total. The van der Waals surface area contributed by atoms with E-state index in [1.54, 1.807) is 13.0 Å². The summed E-state index contributed by atoms with van der Waals surface area (Å²) in [5.41, 5.74) is 3.55. The van der Waals surface area contributed by atoms with Gasteiger partial charge in [-0.05, 0) is 49.8 Å². The number of ketones is 2. The van der Waals surface area contributed by atoms with Crippen LogP contribution in [0.25, 0.3) is 27.9 Å². The third-order valence-corrected chi connectivity index (χ3v) is 8.93. The average molecular weight is 560 g/mol. The number of hydrogen-bond donors (Lipinski definition) is 7. The molecular weight excluding hydrogens is 530 g/mol. The number of phenols is 1. The van der Waals surface area contributed by atoms with Gasteiger partial charge in [-0.2, -0.15) is 0 Å². The summed E-state index contributed by atoms with van der Waals surface area (Å²) in [6.45, 7) is 1.71. The predicted octanol–water partition coefficient (Wildman–Crippen LogP) is 1.64. The van der Waals surface area contributed by atoms with Gasteiger partial charge in [-0.25, -0.2) is 0 Å². The Labute approximate surface area is 233 Å². The van der Waals surface area contributed by atoms with Gasteiger partial charge in [0.1, 0.15) is 22.8 Å². The van der Waals surface area contributed by atoms with Crippen molar-refractivity contribution in [2.24, 2.45) is 17.6 Å². The number of benzene rings is 2. The van der Waals surface area contributed by atoms with Crippen molar-refractivity contribution in [3.05, 3.63) is 70.5 Å². The molecule has 0 radical (unpaired) electrons. The summed E-state index contributed by atoms with van der Waals surface area (Å²) in [5.74, 6) is -9.27. The number of carbonyl (C=O) groups excluding carboxylic acids is 3. The lowest BCUT2D eigenvalue weighted by Gasteiger charge is -2.53. The molecule has 3 aliphatic rings. The summed E-state index contributed by atoms with van der Waals surface area (Å²) in [4.78, 5) is 44.3. The van der Waals surface area contributed by atoms with E-state index in [0.717, 1.165) is 10.9 Å². The number of aromatic hydroxyl groups is 1. The van der Waals surface area contributed by atoms with Crippen molar-refractivity contribution in [1.82, 2.24) is 9.88 Å². The van der Waals surface area contributed by atoms with Crippen LogP contribution in [0.1, 0.15) is 24.0 Å². The number of nitrogens with zero attached hydrogens (tertiary/aromatic N) is 1. The smallest absolute Gasteiger partial charge is 0.255 e. The van der Waals surface area contributed by atoms with Crippen molar-refractivity contribution in [1.29, 1.82) is 0 Å². The number of primary amides is 1. The Morgan fingerprint density at radius 3 is 2.39 bits per heavy atom. The van der Waals surface area contributed by atoms with Crippen LogP contribution in [0.5, 0.6) is 5.75 Å². The average Bonchev–Trinajstić information content (AvgIpc) is 3.34. The van der Waals surface area contributed by atoms with Gasteiger partial charge in [-0.15, -0.1) is 0 Å². The van der Waals surface area contributed by atoms with Crippen molar-refractivity contribution in [3.63, 3.8) is 0 Å². The number of aromatic amines is 1. The van der Waals surface area contributed by atoms with Gasteiger partial charge < -0.3 is 36.3 Å². The van der Waals surface area contributed by atoms with E-state index in [4.69, 9.17) is 5.73 Å². The number of nitrogens with two attached hydrogens (primary N) is 1. The number of carbonyl (C=O) groups is 3. The molecule has 1 fully saturated rings. The molecule has 0 saturated heterocycles. The van der Waals surface area contributed by atoms with Gasteiger partial charge in [-0.3, -0.25) is 19.3 Å². The van der Waals surface area contributed by atoms with E-state index in [0.29, 0.717) is 16.8 Å². The summed E-state index contributed by atoms with van der Waals surface area (Å²) in [7, 11) is 2.94. The fourth-order valence-corrected chi connectivity index (χ4v) is 7.15. The first-order valence-corrected chi connectivity index (χ1v) is 13.1. The highest BCUT2D eigenvalue weighted by atomic mass is 16.4. The number of rotatable bonds is 3. The number of para-hydroxylation sites is 1. The summed E-state index contributed by atoms with van der Waals surface area (Å²) in [5, 5.41) is 58.1. The SMILES string of the molecule is C[C@@H]1c2c(-c3cc4ccccc4[nH]3)ccc(O)c2C(O)=C2C(=O)[C@]3(O)C(O)=C(C(N)=O)C(=O)[C@@H](N(C)C)[C@@H]3[C@H](O)[C@@H]21. The number of aliphatic hydroxyl groups is 4. The number of aromatic nitrogens is 1. The first-order valence-electron chi connectivity index (χ1n) is 13.1. The van der Waals surface area contributed by atoms with E-state index in [2.05, 4.69) is 4.98 Å².